The van der Waals surface area contributed by atoms with Crippen molar-refractivity contribution in [3.63, 3.8) is 0 Å². The summed E-state index contributed by atoms with van der Waals surface area (Å²) in [6.45, 7) is 1.93. The monoisotopic (exact) mass is 183 g/mol. The minimum absolute atomic E-state index is 0.343. The van der Waals surface area contributed by atoms with Gasteiger partial charge in [-0.05, 0) is 18.6 Å². The molecule has 0 unspecified atom stereocenters. The van der Waals surface area contributed by atoms with E-state index < -0.39 is 11.6 Å². The van der Waals surface area contributed by atoms with Gasteiger partial charge in [-0.3, -0.25) is 0 Å². The Morgan fingerprint density at radius 2 is 2.00 bits per heavy atom. The van der Waals surface area contributed by atoms with Crippen LogP contribution in [0.3, 0.4) is 0 Å². The van der Waals surface area contributed by atoms with E-state index in [4.69, 9.17) is 5.73 Å². The van der Waals surface area contributed by atoms with E-state index in [9.17, 15) is 8.78 Å². The predicted octanol–water partition coefficient (Wildman–Crippen LogP) is 2.25. The standard InChI is InChI=1S/C10H11F2N/c1-7-5-8(3-2-4-13)10(12)6-9(7)11/h2-3,5-6H,4,13H2,1H3/b3-2+. The average Bonchev–Trinajstić information content (AvgIpc) is 2.09. The van der Waals surface area contributed by atoms with E-state index in [1.54, 1.807) is 19.1 Å². The minimum Gasteiger partial charge on any atom is -0.327 e. The maximum Gasteiger partial charge on any atom is 0.133 e. The first-order chi connectivity index (χ1) is 6.15. The molecule has 1 rings (SSSR count). The molecule has 0 spiro atoms. The van der Waals surface area contributed by atoms with E-state index >= 15 is 0 Å². The number of hydrogen-bond acceptors (Lipinski definition) is 1. The number of benzene rings is 1. The van der Waals surface area contributed by atoms with Crippen molar-refractivity contribution >= 4 is 6.08 Å². The lowest BCUT2D eigenvalue weighted by molar-refractivity contribution is 0.576. The first kappa shape index (κ1) is 9.86. The molecule has 0 fully saturated rings. The van der Waals surface area contributed by atoms with E-state index in [1.165, 1.54) is 6.07 Å². The van der Waals surface area contributed by atoms with Crippen molar-refractivity contribution in [2.45, 2.75) is 6.92 Å². The maximum absolute atomic E-state index is 13.0. The van der Waals surface area contributed by atoms with Gasteiger partial charge in [0, 0.05) is 18.2 Å². The van der Waals surface area contributed by atoms with Crippen LogP contribution < -0.4 is 5.73 Å². The highest BCUT2D eigenvalue weighted by Gasteiger charge is 2.03. The van der Waals surface area contributed by atoms with Crippen LogP contribution in [-0.4, -0.2) is 6.54 Å². The summed E-state index contributed by atoms with van der Waals surface area (Å²) in [5.74, 6) is -1.09. The number of aryl methyl sites for hydroxylation is 1. The molecule has 3 heteroatoms. The molecule has 0 saturated heterocycles. The lowest BCUT2D eigenvalue weighted by Crippen LogP contribution is -1.93. The summed E-state index contributed by atoms with van der Waals surface area (Å²) in [6, 6.07) is 2.34. The van der Waals surface area contributed by atoms with E-state index in [2.05, 4.69) is 0 Å². The molecule has 1 aromatic carbocycles. The van der Waals surface area contributed by atoms with Crippen molar-refractivity contribution in [1.82, 2.24) is 0 Å². The molecule has 13 heavy (non-hydrogen) atoms. The summed E-state index contributed by atoms with van der Waals surface area (Å²) in [5, 5.41) is 0. The fourth-order valence-corrected chi connectivity index (χ4v) is 1.00. The molecule has 0 aliphatic rings. The first-order valence-electron chi connectivity index (χ1n) is 3.97. The van der Waals surface area contributed by atoms with Gasteiger partial charge in [0.25, 0.3) is 0 Å². The summed E-state index contributed by atoms with van der Waals surface area (Å²) < 4.78 is 25.8. The summed E-state index contributed by atoms with van der Waals surface area (Å²) in [7, 11) is 0. The van der Waals surface area contributed by atoms with Crippen molar-refractivity contribution in [2.24, 2.45) is 5.73 Å². The van der Waals surface area contributed by atoms with Crippen LogP contribution in [0.5, 0.6) is 0 Å². The topological polar surface area (TPSA) is 26.0 Å². The van der Waals surface area contributed by atoms with Crippen molar-refractivity contribution in [3.05, 3.63) is 41.0 Å². The number of hydrogen-bond donors (Lipinski definition) is 1. The third-order valence-electron chi connectivity index (χ3n) is 1.71. The molecule has 70 valence electrons. The molecule has 0 heterocycles. The Morgan fingerprint density at radius 3 is 2.62 bits per heavy atom. The SMILES string of the molecule is Cc1cc(/C=C/CN)c(F)cc1F. The van der Waals surface area contributed by atoms with Gasteiger partial charge in [-0.25, -0.2) is 8.78 Å². The average molecular weight is 183 g/mol. The van der Waals surface area contributed by atoms with Gasteiger partial charge in [0.1, 0.15) is 11.6 Å². The van der Waals surface area contributed by atoms with Gasteiger partial charge in [-0.1, -0.05) is 12.2 Å². The van der Waals surface area contributed by atoms with Gasteiger partial charge in [-0.15, -0.1) is 0 Å². The highest BCUT2D eigenvalue weighted by molar-refractivity contribution is 5.51. The lowest BCUT2D eigenvalue weighted by atomic mass is 10.1. The fraction of sp³-hybridized carbons (Fsp3) is 0.200. The molecular weight excluding hydrogens is 172 g/mol. The van der Waals surface area contributed by atoms with E-state index in [0.717, 1.165) is 6.07 Å². The highest BCUT2D eigenvalue weighted by atomic mass is 19.1. The largest absolute Gasteiger partial charge is 0.327 e. The number of rotatable bonds is 2. The summed E-state index contributed by atoms with van der Waals surface area (Å²) in [5.41, 5.74) is 6.00. The number of nitrogens with two attached hydrogens (primary N) is 1. The molecule has 0 atom stereocenters. The molecule has 2 N–H and O–H groups in total. The third kappa shape index (κ3) is 2.36. The van der Waals surface area contributed by atoms with Gasteiger partial charge >= 0.3 is 0 Å². The summed E-state index contributed by atoms with van der Waals surface area (Å²) >= 11 is 0. The Hall–Kier alpha value is -1.22. The Labute approximate surface area is 75.9 Å². The van der Waals surface area contributed by atoms with Crippen molar-refractivity contribution in [3.8, 4) is 0 Å². The van der Waals surface area contributed by atoms with Crippen LogP contribution in [0.1, 0.15) is 11.1 Å². The smallest absolute Gasteiger partial charge is 0.133 e. The second kappa shape index (κ2) is 4.14. The molecule has 0 aliphatic heterocycles. The summed E-state index contributed by atoms with van der Waals surface area (Å²) in [4.78, 5) is 0. The predicted molar refractivity (Wildman–Crippen MR) is 49.2 cm³/mol. The van der Waals surface area contributed by atoms with Gasteiger partial charge in [-0.2, -0.15) is 0 Å². The molecular formula is C10H11F2N. The fourth-order valence-electron chi connectivity index (χ4n) is 1.00. The third-order valence-corrected chi connectivity index (χ3v) is 1.71. The molecule has 0 aromatic heterocycles. The van der Waals surface area contributed by atoms with E-state index in [0.29, 0.717) is 17.7 Å². The van der Waals surface area contributed by atoms with E-state index in [-0.39, 0.29) is 0 Å². The van der Waals surface area contributed by atoms with Crippen LogP contribution in [0.15, 0.2) is 18.2 Å². The zero-order chi connectivity index (χ0) is 9.84. The Morgan fingerprint density at radius 1 is 1.31 bits per heavy atom. The minimum atomic E-state index is -0.562. The first-order valence-corrected chi connectivity index (χ1v) is 3.97. The number of halogens is 2. The molecule has 0 radical (unpaired) electrons. The van der Waals surface area contributed by atoms with E-state index in [1.807, 2.05) is 0 Å². The second-order valence-electron chi connectivity index (χ2n) is 2.76. The lowest BCUT2D eigenvalue weighted by Gasteiger charge is -2.00. The summed E-state index contributed by atoms with van der Waals surface area (Å²) in [6.07, 6.45) is 3.16. The maximum atomic E-state index is 13.0. The van der Waals surface area contributed by atoms with Gasteiger partial charge < -0.3 is 5.73 Å². The van der Waals surface area contributed by atoms with Crippen molar-refractivity contribution < 1.29 is 8.78 Å². The highest BCUT2D eigenvalue weighted by Crippen LogP contribution is 2.15. The van der Waals surface area contributed by atoms with Crippen LogP contribution in [0.2, 0.25) is 0 Å². The van der Waals surface area contributed by atoms with Crippen molar-refractivity contribution in [1.29, 1.82) is 0 Å². The molecule has 0 saturated carbocycles. The molecule has 0 aliphatic carbocycles. The Bertz CT molecular complexity index is 332. The second-order valence-corrected chi connectivity index (χ2v) is 2.76. The quantitative estimate of drug-likeness (QED) is 0.747. The molecule has 1 aromatic rings. The van der Waals surface area contributed by atoms with Crippen molar-refractivity contribution in [2.75, 3.05) is 6.54 Å². The Kier molecular flexibility index (Phi) is 3.14. The van der Waals surface area contributed by atoms with Crippen LogP contribution in [0, 0.1) is 18.6 Å². The molecule has 0 amide bonds. The van der Waals surface area contributed by atoms with Gasteiger partial charge in [0.05, 0.1) is 0 Å². The molecule has 1 nitrogen and oxygen atoms in total. The molecule has 0 bridgehead atoms. The van der Waals surface area contributed by atoms with Crippen LogP contribution in [0.25, 0.3) is 6.08 Å². The zero-order valence-corrected chi connectivity index (χ0v) is 7.35. The Balaban J connectivity index is 3.08. The van der Waals surface area contributed by atoms with Gasteiger partial charge in [0.15, 0.2) is 0 Å². The zero-order valence-electron chi connectivity index (χ0n) is 7.35. The van der Waals surface area contributed by atoms with Crippen LogP contribution in [-0.2, 0) is 0 Å². The van der Waals surface area contributed by atoms with Crippen LogP contribution >= 0.6 is 0 Å². The van der Waals surface area contributed by atoms with Crippen LogP contribution in [0.4, 0.5) is 8.78 Å². The normalized spacial score (nSPS) is 11.1. The van der Waals surface area contributed by atoms with Gasteiger partial charge in [0.2, 0.25) is 0 Å².